The maximum absolute atomic E-state index is 5.49. The second-order valence-electron chi connectivity index (χ2n) is 6.23. The third-order valence-corrected chi connectivity index (χ3v) is 6.35. The van der Waals surface area contributed by atoms with E-state index in [0.29, 0.717) is 12.6 Å². The summed E-state index contributed by atoms with van der Waals surface area (Å²) >= 11 is 3.33. The fraction of sp³-hybridized carbons (Fsp3) is 0.444. The Hall–Kier alpha value is -1.93. The first-order valence-electron chi connectivity index (χ1n) is 8.92. The molecule has 8 heteroatoms. The van der Waals surface area contributed by atoms with Crippen molar-refractivity contribution < 1.29 is 4.74 Å². The van der Waals surface area contributed by atoms with Gasteiger partial charge in [0.15, 0.2) is 0 Å². The minimum Gasteiger partial charge on any atom is -0.494 e. The Morgan fingerprint density at radius 1 is 1.23 bits per heavy atom. The van der Waals surface area contributed by atoms with Gasteiger partial charge in [-0.05, 0) is 54.5 Å². The van der Waals surface area contributed by atoms with Crippen molar-refractivity contribution in [1.29, 1.82) is 0 Å². The average molecular weight is 388 g/mol. The molecule has 1 aromatic carbocycles. The van der Waals surface area contributed by atoms with Crippen LogP contribution in [0.4, 0.5) is 0 Å². The van der Waals surface area contributed by atoms with E-state index in [-0.39, 0.29) is 0 Å². The molecule has 1 aliphatic rings. The number of nitrogens with zero attached hydrogens (tertiary/aromatic N) is 5. The molecule has 0 radical (unpaired) electrons. The van der Waals surface area contributed by atoms with Crippen LogP contribution in [0.15, 0.2) is 34.8 Å². The van der Waals surface area contributed by atoms with Crippen LogP contribution in [0, 0.1) is 0 Å². The molecule has 0 aliphatic heterocycles. The van der Waals surface area contributed by atoms with Gasteiger partial charge >= 0.3 is 0 Å². The lowest BCUT2D eigenvalue weighted by Gasteiger charge is -2.10. The Morgan fingerprint density at radius 2 is 2.04 bits per heavy atom. The second-order valence-corrected chi connectivity index (χ2v) is 8.03. The third-order valence-electron chi connectivity index (χ3n) is 4.45. The molecule has 0 unspecified atom stereocenters. The monoisotopic (exact) mass is 387 g/mol. The van der Waals surface area contributed by atoms with Crippen molar-refractivity contribution >= 4 is 23.1 Å². The van der Waals surface area contributed by atoms with Crippen molar-refractivity contribution in [1.82, 2.24) is 25.2 Å². The number of ether oxygens (including phenoxy) is 1. The molecule has 1 fully saturated rings. The highest BCUT2D eigenvalue weighted by Gasteiger charge is 2.21. The second kappa shape index (κ2) is 8.18. The molecular formula is C18H21N5OS2. The molecule has 0 saturated heterocycles. The summed E-state index contributed by atoms with van der Waals surface area (Å²) < 4.78 is 7.49. The van der Waals surface area contributed by atoms with E-state index in [1.807, 2.05) is 23.7 Å². The summed E-state index contributed by atoms with van der Waals surface area (Å²) in [5.41, 5.74) is 2.18. The Labute approximate surface area is 161 Å². The van der Waals surface area contributed by atoms with E-state index in [1.54, 1.807) is 23.1 Å². The zero-order chi connectivity index (χ0) is 17.8. The molecule has 1 saturated carbocycles. The van der Waals surface area contributed by atoms with Crippen LogP contribution in [0.25, 0.3) is 10.6 Å². The maximum atomic E-state index is 5.49. The highest BCUT2D eigenvalue weighted by molar-refractivity contribution is 7.98. The fourth-order valence-electron chi connectivity index (χ4n) is 3.16. The van der Waals surface area contributed by atoms with E-state index >= 15 is 0 Å². The summed E-state index contributed by atoms with van der Waals surface area (Å²) in [6, 6.07) is 8.56. The third kappa shape index (κ3) is 3.91. The van der Waals surface area contributed by atoms with Gasteiger partial charge in [-0.15, -0.1) is 16.4 Å². The van der Waals surface area contributed by atoms with Gasteiger partial charge in [0.25, 0.3) is 0 Å². The Balaban J connectivity index is 1.40. The van der Waals surface area contributed by atoms with Gasteiger partial charge in [-0.2, -0.15) is 0 Å². The highest BCUT2D eigenvalue weighted by Crippen LogP contribution is 2.33. The molecule has 3 aromatic rings. The molecule has 4 rings (SSSR count). The normalized spacial score (nSPS) is 14.8. The molecular weight excluding hydrogens is 366 g/mol. The molecule has 136 valence electrons. The van der Waals surface area contributed by atoms with Crippen molar-refractivity contribution in [2.24, 2.45) is 0 Å². The predicted molar refractivity (Wildman–Crippen MR) is 104 cm³/mol. The molecule has 0 atom stereocenters. The molecule has 26 heavy (non-hydrogen) atoms. The number of benzene rings is 1. The molecule has 2 heterocycles. The SMILES string of the molecule is CCOc1ccc(-c2nc(CSc3nnnn3C3CCCC3)cs2)cc1. The lowest BCUT2D eigenvalue weighted by molar-refractivity contribution is 0.340. The average Bonchev–Trinajstić information content (AvgIpc) is 3.41. The lowest BCUT2D eigenvalue weighted by atomic mass is 10.2. The first kappa shape index (κ1) is 17.5. The van der Waals surface area contributed by atoms with Gasteiger partial charge in [-0.25, -0.2) is 9.67 Å². The number of hydrogen-bond donors (Lipinski definition) is 0. The Morgan fingerprint density at radius 3 is 2.81 bits per heavy atom. The molecule has 6 nitrogen and oxygen atoms in total. The van der Waals surface area contributed by atoms with Crippen LogP contribution in [0.1, 0.15) is 44.3 Å². The van der Waals surface area contributed by atoms with E-state index in [2.05, 4.69) is 33.0 Å². The van der Waals surface area contributed by atoms with E-state index < -0.39 is 0 Å². The summed E-state index contributed by atoms with van der Waals surface area (Å²) in [6.07, 6.45) is 4.90. The van der Waals surface area contributed by atoms with Crippen LogP contribution < -0.4 is 4.74 Å². The topological polar surface area (TPSA) is 65.7 Å². The smallest absolute Gasteiger partial charge is 0.209 e. The number of aromatic nitrogens is 5. The first-order valence-corrected chi connectivity index (χ1v) is 10.8. The summed E-state index contributed by atoms with van der Waals surface area (Å²) in [6.45, 7) is 2.67. The minimum atomic E-state index is 0.461. The summed E-state index contributed by atoms with van der Waals surface area (Å²) in [4.78, 5) is 4.76. The number of rotatable bonds is 7. The van der Waals surface area contributed by atoms with Crippen molar-refractivity contribution in [2.75, 3.05) is 6.61 Å². The molecule has 0 bridgehead atoms. The van der Waals surface area contributed by atoms with Crippen LogP contribution in [0.2, 0.25) is 0 Å². The number of thiazole rings is 1. The lowest BCUT2D eigenvalue weighted by Crippen LogP contribution is -2.08. The number of thioether (sulfide) groups is 1. The van der Waals surface area contributed by atoms with Gasteiger partial charge < -0.3 is 4.74 Å². The highest BCUT2D eigenvalue weighted by atomic mass is 32.2. The van der Waals surface area contributed by atoms with Crippen LogP contribution in [0.5, 0.6) is 5.75 Å². The quantitative estimate of drug-likeness (QED) is 0.552. The largest absolute Gasteiger partial charge is 0.494 e. The zero-order valence-corrected chi connectivity index (χ0v) is 16.3. The summed E-state index contributed by atoms with van der Waals surface area (Å²) in [5, 5.41) is 16.3. The van der Waals surface area contributed by atoms with Crippen LogP contribution >= 0.6 is 23.1 Å². The molecule has 0 N–H and O–H groups in total. The molecule has 0 spiro atoms. The fourth-order valence-corrected chi connectivity index (χ4v) is 4.93. The van der Waals surface area contributed by atoms with Crippen LogP contribution in [-0.4, -0.2) is 31.8 Å². The van der Waals surface area contributed by atoms with E-state index in [9.17, 15) is 0 Å². The van der Waals surface area contributed by atoms with Crippen molar-refractivity contribution in [3.05, 3.63) is 35.3 Å². The van der Waals surface area contributed by atoms with Crippen molar-refractivity contribution in [3.63, 3.8) is 0 Å². The van der Waals surface area contributed by atoms with Gasteiger partial charge in [0.2, 0.25) is 5.16 Å². The Kier molecular flexibility index (Phi) is 5.50. The molecule has 2 aromatic heterocycles. The van der Waals surface area contributed by atoms with Gasteiger partial charge in [0.1, 0.15) is 10.8 Å². The molecule has 0 amide bonds. The summed E-state index contributed by atoms with van der Waals surface area (Å²) in [7, 11) is 0. The number of tetrazole rings is 1. The van der Waals surface area contributed by atoms with Gasteiger partial charge in [-0.3, -0.25) is 0 Å². The number of hydrogen-bond acceptors (Lipinski definition) is 7. The van der Waals surface area contributed by atoms with Crippen LogP contribution in [0.3, 0.4) is 0 Å². The standard InChI is InChI=1S/C18H21N5OS2/c1-2-24-16-9-7-13(8-10-16)17-19-14(11-25-17)12-26-18-20-21-22-23(18)15-5-3-4-6-15/h7-11,15H,2-6,12H2,1H3. The van der Waals surface area contributed by atoms with Crippen molar-refractivity contribution in [2.45, 2.75) is 49.6 Å². The van der Waals surface area contributed by atoms with E-state index in [4.69, 9.17) is 9.72 Å². The summed E-state index contributed by atoms with van der Waals surface area (Å²) in [5.74, 6) is 1.67. The Bertz CT molecular complexity index is 839. The maximum Gasteiger partial charge on any atom is 0.209 e. The molecule has 1 aliphatic carbocycles. The minimum absolute atomic E-state index is 0.461. The van der Waals surface area contributed by atoms with Crippen LogP contribution in [-0.2, 0) is 5.75 Å². The van der Waals surface area contributed by atoms with Gasteiger partial charge in [0, 0.05) is 16.7 Å². The van der Waals surface area contributed by atoms with E-state index in [1.165, 1.54) is 25.7 Å². The first-order chi connectivity index (χ1) is 12.8. The van der Waals surface area contributed by atoms with Gasteiger partial charge in [-0.1, -0.05) is 24.6 Å². The zero-order valence-electron chi connectivity index (χ0n) is 14.7. The van der Waals surface area contributed by atoms with Gasteiger partial charge in [0.05, 0.1) is 18.3 Å². The van der Waals surface area contributed by atoms with Crippen molar-refractivity contribution in [3.8, 4) is 16.3 Å². The predicted octanol–water partition coefficient (Wildman–Crippen LogP) is 4.60. The van der Waals surface area contributed by atoms with E-state index in [0.717, 1.165) is 32.9 Å².